The number of amides is 1. The van der Waals surface area contributed by atoms with E-state index in [-0.39, 0.29) is 31.0 Å². The van der Waals surface area contributed by atoms with Crippen LogP contribution in [0.1, 0.15) is 12.8 Å². The molecule has 0 aliphatic carbocycles. The number of hydrogen-bond acceptors (Lipinski definition) is 4. The van der Waals surface area contributed by atoms with Gasteiger partial charge >= 0.3 is 0 Å². The van der Waals surface area contributed by atoms with Crippen LogP contribution in [-0.2, 0) is 9.53 Å². The van der Waals surface area contributed by atoms with Crippen LogP contribution >= 0.6 is 12.4 Å². The molecule has 21 heavy (non-hydrogen) atoms. The van der Waals surface area contributed by atoms with Gasteiger partial charge in [-0.2, -0.15) is 0 Å². The van der Waals surface area contributed by atoms with Crippen LogP contribution in [-0.4, -0.2) is 49.8 Å². The average molecular weight is 315 g/mol. The maximum absolute atomic E-state index is 12.1. The third-order valence-electron chi connectivity index (χ3n) is 3.57. The predicted molar refractivity (Wildman–Crippen MR) is 83.8 cm³/mol. The van der Waals surface area contributed by atoms with Gasteiger partial charge in [0.1, 0.15) is 18.0 Å². The van der Waals surface area contributed by atoms with Gasteiger partial charge in [-0.05, 0) is 12.1 Å². The SMILES string of the molecule is COC(CN)C(=O)N1CCC(Oc2ccccc2)CC1.Cl. The second-order valence-corrected chi connectivity index (χ2v) is 4.92. The predicted octanol–water partition coefficient (Wildman–Crippen LogP) is 1.45. The van der Waals surface area contributed by atoms with Crippen molar-refractivity contribution >= 4 is 18.3 Å². The van der Waals surface area contributed by atoms with Crippen LogP contribution in [0.3, 0.4) is 0 Å². The Balaban J connectivity index is 0.00000220. The summed E-state index contributed by atoms with van der Waals surface area (Å²) in [5.74, 6) is 0.863. The number of para-hydroxylation sites is 1. The van der Waals surface area contributed by atoms with Gasteiger partial charge in [-0.15, -0.1) is 12.4 Å². The number of hydrogen-bond donors (Lipinski definition) is 1. The first-order chi connectivity index (χ1) is 9.74. The van der Waals surface area contributed by atoms with Crippen LogP contribution in [0.4, 0.5) is 0 Å². The van der Waals surface area contributed by atoms with Gasteiger partial charge in [-0.1, -0.05) is 18.2 Å². The first-order valence-corrected chi connectivity index (χ1v) is 6.98. The molecule has 1 aliphatic rings. The minimum Gasteiger partial charge on any atom is -0.490 e. The van der Waals surface area contributed by atoms with E-state index < -0.39 is 6.10 Å². The second kappa shape index (κ2) is 8.87. The Hall–Kier alpha value is -1.30. The van der Waals surface area contributed by atoms with Crippen LogP contribution in [0.2, 0.25) is 0 Å². The van der Waals surface area contributed by atoms with E-state index >= 15 is 0 Å². The Kier molecular flexibility index (Phi) is 7.50. The maximum atomic E-state index is 12.1. The van der Waals surface area contributed by atoms with Gasteiger partial charge in [-0.25, -0.2) is 0 Å². The first-order valence-electron chi connectivity index (χ1n) is 6.98. The summed E-state index contributed by atoms with van der Waals surface area (Å²) in [7, 11) is 1.51. The molecule has 1 atom stereocenters. The number of halogens is 1. The van der Waals surface area contributed by atoms with Crippen LogP contribution < -0.4 is 10.5 Å². The topological polar surface area (TPSA) is 64.8 Å². The van der Waals surface area contributed by atoms with Crippen molar-refractivity contribution in [2.75, 3.05) is 26.7 Å². The van der Waals surface area contributed by atoms with Crippen molar-refractivity contribution in [3.63, 3.8) is 0 Å². The molecule has 0 bridgehead atoms. The smallest absolute Gasteiger partial charge is 0.253 e. The summed E-state index contributed by atoms with van der Waals surface area (Å²) < 4.78 is 11.0. The van der Waals surface area contributed by atoms with Crippen LogP contribution in [0, 0.1) is 0 Å². The van der Waals surface area contributed by atoms with Crippen LogP contribution in [0.5, 0.6) is 5.75 Å². The number of nitrogens with two attached hydrogens (primary N) is 1. The van der Waals surface area contributed by atoms with E-state index in [1.54, 1.807) is 0 Å². The molecule has 2 rings (SSSR count). The molecule has 1 amide bonds. The highest BCUT2D eigenvalue weighted by molar-refractivity contribution is 5.85. The van der Waals surface area contributed by atoms with Gasteiger partial charge in [0.05, 0.1) is 0 Å². The lowest BCUT2D eigenvalue weighted by atomic mass is 10.1. The van der Waals surface area contributed by atoms with Crippen molar-refractivity contribution in [1.82, 2.24) is 4.90 Å². The van der Waals surface area contributed by atoms with E-state index in [0.29, 0.717) is 13.1 Å². The summed E-state index contributed by atoms with van der Waals surface area (Å²) in [6, 6.07) is 9.78. The fraction of sp³-hybridized carbons (Fsp3) is 0.533. The summed E-state index contributed by atoms with van der Waals surface area (Å²) >= 11 is 0. The monoisotopic (exact) mass is 314 g/mol. The Morgan fingerprint density at radius 1 is 1.33 bits per heavy atom. The van der Waals surface area contributed by atoms with Gasteiger partial charge < -0.3 is 20.1 Å². The normalized spacial score (nSPS) is 17.0. The van der Waals surface area contributed by atoms with Crippen molar-refractivity contribution in [1.29, 1.82) is 0 Å². The van der Waals surface area contributed by atoms with Crippen molar-refractivity contribution in [2.24, 2.45) is 5.73 Å². The number of carbonyl (C=O) groups is 1. The molecule has 118 valence electrons. The Morgan fingerprint density at radius 2 is 1.95 bits per heavy atom. The highest BCUT2D eigenvalue weighted by atomic mass is 35.5. The number of nitrogens with zero attached hydrogens (tertiary/aromatic N) is 1. The quantitative estimate of drug-likeness (QED) is 0.893. The van der Waals surface area contributed by atoms with E-state index in [2.05, 4.69) is 0 Å². The molecule has 6 heteroatoms. The van der Waals surface area contributed by atoms with E-state index in [9.17, 15) is 4.79 Å². The summed E-state index contributed by atoms with van der Waals surface area (Å²) in [5.41, 5.74) is 5.52. The van der Waals surface area contributed by atoms with E-state index in [1.807, 2.05) is 35.2 Å². The molecule has 5 nitrogen and oxygen atoms in total. The number of piperidine rings is 1. The number of ether oxygens (including phenoxy) is 2. The number of likely N-dealkylation sites (tertiary alicyclic amines) is 1. The lowest BCUT2D eigenvalue weighted by Gasteiger charge is -2.33. The van der Waals surface area contributed by atoms with Gasteiger partial charge in [-0.3, -0.25) is 4.79 Å². The van der Waals surface area contributed by atoms with E-state index in [4.69, 9.17) is 15.2 Å². The van der Waals surface area contributed by atoms with Crippen molar-refractivity contribution < 1.29 is 14.3 Å². The van der Waals surface area contributed by atoms with Crippen molar-refractivity contribution in [3.05, 3.63) is 30.3 Å². The fourth-order valence-electron chi connectivity index (χ4n) is 2.39. The molecule has 2 N–H and O–H groups in total. The highest BCUT2D eigenvalue weighted by Crippen LogP contribution is 2.19. The lowest BCUT2D eigenvalue weighted by molar-refractivity contribution is -0.143. The van der Waals surface area contributed by atoms with Gasteiger partial charge in [0.2, 0.25) is 0 Å². The number of rotatable bonds is 5. The molecule has 1 aromatic carbocycles. The van der Waals surface area contributed by atoms with Gasteiger partial charge in [0.25, 0.3) is 5.91 Å². The molecule has 1 saturated heterocycles. The molecule has 1 fully saturated rings. The summed E-state index contributed by atoms with van der Waals surface area (Å²) in [6.07, 6.45) is 1.31. The number of carbonyl (C=O) groups excluding carboxylic acids is 1. The first kappa shape index (κ1) is 17.8. The van der Waals surface area contributed by atoms with Gasteiger partial charge in [0.15, 0.2) is 0 Å². The zero-order valence-corrected chi connectivity index (χ0v) is 13.1. The van der Waals surface area contributed by atoms with E-state index in [1.165, 1.54) is 7.11 Å². The number of benzene rings is 1. The Morgan fingerprint density at radius 3 is 2.48 bits per heavy atom. The molecule has 0 aromatic heterocycles. The standard InChI is InChI=1S/C15H22N2O3.ClH/c1-19-14(11-16)15(18)17-9-7-13(8-10-17)20-12-5-3-2-4-6-12;/h2-6,13-14H,7-11,16H2,1H3;1H. The van der Waals surface area contributed by atoms with Crippen molar-refractivity contribution in [2.45, 2.75) is 25.0 Å². The van der Waals surface area contributed by atoms with Crippen LogP contribution in [0.25, 0.3) is 0 Å². The lowest BCUT2D eigenvalue weighted by Crippen LogP contribution is -2.48. The zero-order valence-electron chi connectivity index (χ0n) is 12.2. The molecule has 0 spiro atoms. The summed E-state index contributed by atoms with van der Waals surface area (Å²) in [6.45, 7) is 1.60. The maximum Gasteiger partial charge on any atom is 0.253 e. The minimum absolute atomic E-state index is 0. The molecule has 0 radical (unpaired) electrons. The molecular weight excluding hydrogens is 292 g/mol. The number of methoxy groups -OCH3 is 1. The Labute approximate surface area is 131 Å². The molecule has 1 aromatic rings. The van der Waals surface area contributed by atoms with Crippen LogP contribution in [0.15, 0.2) is 30.3 Å². The molecule has 1 heterocycles. The van der Waals surface area contributed by atoms with E-state index in [0.717, 1.165) is 18.6 Å². The molecule has 1 unspecified atom stereocenters. The molecule has 1 aliphatic heterocycles. The largest absolute Gasteiger partial charge is 0.490 e. The summed E-state index contributed by atoms with van der Waals surface area (Å²) in [5, 5.41) is 0. The average Bonchev–Trinajstić information content (AvgIpc) is 2.50. The third kappa shape index (κ3) is 4.88. The molecular formula is C15H23ClN2O3. The van der Waals surface area contributed by atoms with Crippen molar-refractivity contribution in [3.8, 4) is 5.75 Å². The second-order valence-electron chi connectivity index (χ2n) is 4.92. The Bertz CT molecular complexity index is 418. The highest BCUT2D eigenvalue weighted by Gasteiger charge is 2.28. The fourth-order valence-corrected chi connectivity index (χ4v) is 2.39. The minimum atomic E-state index is -0.526. The third-order valence-corrected chi connectivity index (χ3v) is 3.57. The van der Waals surface area contributed by atoms with Gasteiger partial charge in [0, 0.05) is 39.6 Å². The zero-order chi connectivity index (χ0) is 14.4. The molecule has 0 saturated carbocycles. The summed E-state index contributed by atoms with van der Waals surface area (Å²) in [4.78, 5) is 13.9.